The predicted molar refractivity (Wildman–Crippen MR) is 140 cm³/mol. The van der Waals surface area contributed by atoms with Crippen LogP contribution in [0.25, 0.3) is 11.3 Å². The fourth-order valence-electron chi connectivity index (χ4n) is 5.06. The third-order valence-electron chi connectivity index (χ3n) is 7.13. The van der Waals surface area contributed by atoms with Gasteiger partial charge in [-0.1, -0.05) is 28.1 Å². The number of alkyl halides is 3. The molecule has 5 rings (SSSR count). The van der Waals surface area contributed by atoms with E-state index < -0.39 is 58.7 Å². The van der Waals surface area contributed by atoms with Crippen LogP contribution in [0.5, 0.6) is 0 Å². The zero-order valence-corrected chi connectivity index (χ0v) is 22.9. The maximum absolute atomic E-state index is 14.5. The van der Waals surface area contributed by atoms with E-state index in [1.54, 1.807) is 6.92 Å². The van der Waals surface area contributed by atoms with Gasteiger partial charge in [0.2, 0.25) is 0 Å². The molecular formula is C27H21BrF5N5O3. The van der Waals surface area contributed by atoms with Crippen LogP contribution in [0.2, 0.25) is 0 Å². The fourth-order valence-corrected chi connectivity index (χ4v) is 5.42. The number of hydrogen-bond donors (Lipinski definition) is 2. The molecule has 2 amide bonds. The molecule has 0 aliphatic carbocycles. The van der Waals surface area contributed by atoms with Crippen LogP contribution in [0.3, 0.4) is 0 Å². The minimum atomic E-state index is -4.74. The van der Waals surface area contributed by atoms with Gasteiger partial charge in [-0.15, -0.1) is 0 Å². The number of aliphatic hydroxyl groups is 1. The minimum Gasteiger partial charge on any atom is -0.509 e. The molecule has 0 saturated carbocycles. The molecule has 0 radical (unpaired) electrons. The second-order valence-corrected chi connectivity index (χ2v) is 10.6. The first-order valence-electron chi connectivity index (χ1n) is 12.3. The Labute approximate surface area is 238 Å². The highest BCUT2D eigenvalue weighted by atomic mass is 79.9. The Hall–Kier alpha value is -3.91. The largest absolute Gasteiger partial charge is 0.509 e. The van der Waals surface area contributed by atoms with E-state index in [1.807, 2.05) is 0 Å². The summed E-state index contributed by atoms with van der Waals surface area (Å²) in [6.07, 6.45) is -3.11. The molecule has 2 aliphatic rings. The van der Waals surface area contributed by atoms with E-state index in [1.165, 1.54) is 35.3 Å². The van der Waals surface area contributed by atoms with Crippen LogP contribution in [0, 0.1) is 11.6 Å². The molecule has 3 aromatic rings. The SMILES string of the molecule is C[C@]12CCCN1N(Cc1cccc(F)c1F)C(=O)C(C(=O)Nc1ccc(Br)cc1-c1cc(C(F)(F)F)ncn1)=C2O. The predicted octanol–water partition coefficient (Wildman–Crippen LogP) is 5.77. The molecule has 2 aliphatic heterocycles. The van der Waals surface area contributed by atoms with E-state index in [4.69, 9.17) is 0 Å². The molecule has 1 saturated heterocycles. The molecule has 2 N–H and O–H groups in total. The van der Waals surface area contributed by atoms with Crippen LogP contribution >= 0.6 is 15.9 Å². The molecule has 1 fully saturated rings. The summed E-state index contributed by atoms with van der Waals surface area (Å²) >= 11 is 3.25. The Morgan fingerprint density at radius 1 is 1.17 bits per heavy atom. The number of hydrazine groups is 1. The van der Waals surface area contributed by atoms with E-state index in [0.717, 1.165) is 17.4 Å². The van der Waals surface area contributed by atoms with Crippen molar-refractivity contribution >= 4 is 33.4 Å². The normalized spacial score (nSPS) is 19.5. The summed E-state index contributed by atoms with van der Waals surface area (Å²) < 4.78 is 68.8. The van der Waals surface area contributed by atoms with Crippen molar-refractivity contribution in [3.63, 3.8) is 0 Å². The fraction of sp³-hybridized carbons (Fsp3) is 0.259. The van der Waals surface area contributed by atoms with Gasteiger partial charge >= 0.3 is 6.18 Å². The smallest absolute Gasteiger partial charge is 0.433 e. The lowest BCUT2D eigenvalue weighted by molar-refractivity contribution is -0.160. The van der Waals surface area contributed by atoms with Crippen LogP contribution in [0.1, 0.15) is 31.0 Å². The minimum absolute atomic E-state index is 0.000135. The highest BCUT2D eigenvalue weighted by Crippen LogP contribution is 2.42. The monoisotopic (exact) mass is 637 g/mol. The highest BCUT2D eigenvalue weighted by Gasteiger charge is 2.52. The Bertz CT molecular complexity index is 1600. The number of hydrogen-bond acceptors (Lipinski definition) is 6. The summed E-state index contributed by atoms with van der Waals surface area (Å²) in [5.74, 6) is -4.75. The quantitative estimate of drug-likeness (QED) is 0.272. The van der Waals surface area contributed by atoms with E-state index in [2.05, 4.69) is 31.2 Å². The number of fused-ring (bicyclic) bond motifs is 1. The average molecular weight is 638 g/mol. The van der Waals surface area contributed by atoms with Crippen LogP contribution in [0.15, 0.2) is 64.6 Å². The molecule has 8 nitrogen and oxygen atoms in total. The van der Waals surface area contributed by atoms with Crippen LogP contribution in [-0.4, -0.2) is 49.0 Å². The van der Waals surface area contributed by atoms with Crippen molar-refractivity contribution in [2.75, 3.05) is 11.9 Å². The summed E-state index contributed by atoms with van der Waals surface area (Å²) in [5.41, 5.74) is -3.23. The molecule has 41 heavy (non-hydrogen) atoms. The van der Waals surface area contributed by atoms with Crippen molar-refractivity contribution in [1.29, 1.82) is 0 Å². The van der Waals surface area contributed by atoms with Crippen molar-refractivity contribution in [3.05, 3.63) is 87.5 Å². The van der Waals surface area contributed by atoms with Gasteiger partial charge in [-0.25, -0.2) is 23.8 Å². The lowest BCUT2D eigenvalue weighted by Crippen LogP contribution is -2.60. The summed E-state index contributed by atoms with van der Waals surface area (Å²) in [6.45, 7) is 1.52. The molecule has 214 valence electrons. The lowest BCUT2D eigenvalue weighted by atomic mass is 9.90. The molecule has 0 unspecified atom stereocenters. The molecule has 1 atom stereocenters. The molecule has 14 heteroatoms. The summed E-state index contributed by atoms with van der Waals surface area (Å²) in [5, 5.41) is 16.3. The van der Waals surface area contributed by atoms with Crippen LogP contribution in [-0.2, 0) is 22.3 Å². The summed E-state index contributed by atoms with van der Waals surface area (Å²) in [4.78, 5) is 34.4. The number of carbonyl (C=O) groups excluding carboxylic acids is 2. The van der Waals surface area contributed by atoms with Crippen molar-refractivity contribution in [2.45, 2.75) is 38.0 Å². The molecule has 2 aromatic carbocycles. The first-order valence-corrected chi connectivity index (χ1v) is 13.1. The van der Waals surface area contributed by atoms with E-state index >= 15 is 0 Å². The number of benzene rings is 2. The first kappa shape index (κ1) is 28.6. The van der Waals surface area contributed by atoms with Crippen molar-refractivity contribution < 1.29 is 36.6 Å². The topological polar surface area (TPSA) is 98.7 Å². The summed E-state index contributed by atoms with van der Waals surface area (Å²) in [6, 6.07) is 8.58. The van der Waals surface area contributed by atoms with Crippen molar-refractivity contribution in [2.24, 2.45) is 0 Å². The molecule has 1 aromatic heterocycles. The van der Waals surface area contributed by atoms with Crippen molar-refractivity contribution in [1.82, 2.24) is 20.0 Å². The van der Waals surface area contributed by atoms with Gasteiger partial charge in [-0.3, -0.25) is 14.6 Å². The maximum atomic E-state index is 14.5. The zero-order valence-electron chi connectivity index (χ0n) is 21.3. The van der Waals surface area contributed by atoms with Gasteiger partial charge in [0, 0.05) is 22.1 Å². The van der Waals surface area contributed by atoms with Gasteiger partial charge in [0.1, 0.15) is 23.4 Å². The Balaban J connectivity index is 1.53. The number of halogens is 6. The van der Waals surface area contributed by atoms with Gasteiger partial charge in [0.15, 0.2) is 11.6 Å². The number of nitrogens with one attached hydrogen (secondary N) is 1. The molecule has 3 heterocycles. The molecular weight excluding hydrogens is 617 g/mol. The number of aliphatic hydroxyl groups excluding tert-OH is 1. The number of amides is 2. The Kier molecular flexibility index (Phi) is 7.32. The maximum Gasteiger partial charge on any atom is 0.433 e. The number of carbonyl (C=O) groups is 2. The van der Waals surface area contributed by atoms with Gasteiger partial charge in [0.25, 0.3) is 11.8 Å². The molecule has 0 spiro atoms. The number of aromatic nitrogens is 2. The Morgan fingerprint density at radius 3 is 2.66 bits per heavy atom. The molecule has 0 bridgehead atoms. The number of nitrogens with zero attached hydrogens (tertiary/aromatic N) is 4. The van der Waals surface area contributed by atoms with Gasteiger partial charge in [0.05, 0.1) is 23.5 Å². The second kappa shape index (κ2) is 10.5. The van der Waals surface area contributed by atoms with E-state index in [-0.39, 0.29) is 22.5 Å². The number of rotatable bonds is 5. The van der Waals surface area contributed by atoms with Crippen LogP contribution in [0.4, 0.5) is 27.6 Å². The van der Waals surface area contributed by atoms with Gasteiger partial charge in [-0.05, 0) is 50.1 Å². The van der Waals surface area contributed by atoms with E-state index in [0.29, 0.717) is 29.9 Å². The van der Waals surface area contributed by atoms with Gasteiger partial charge < -0.3 is 10.4 Å². The highest BCUT2D eigenvalue weighted by molar-refractivity contribution is 9.10. The van der Waals surface area contributed by atoms with Crippen molar-refractivity contribution in [3.8, 4) is 11.3 Å². The van der Waals surface area contributed by atoms with Crippen LogP contribution < -0.4 is 5.32 Å². The average Bonchev–Trinajstić information content (AvgIpc) is 3.32. The first-order chi connectivity index (χ1) is 19.3. The van der Waals surface area contributed by atoms with E-state index in [9.17, 15) is 36.6 Å². The second-order valence-electron chi connectivity index (χ2n) is 9.73. The third kappa shape index (κ3) is 5.17. The summed E-state index contributed by atoms with van der Waals surface area (Å²) in [7, 11) is 0. The lowest BCUT2D eigenvalue weighted by Gasteiger charge is -2.46. The third-order valence-corrected chi connectivity index (χ3v) is 7.63. The standard InChI is InChI=1S/C27H21BrF5N5O3/c1-26-8-3-9-38(26)37(12-14-4-2-5-17(29)22(14)30)25(41)21(23(26)39)24(40)36-18-7-6-15(28)10-16(18)19-11-20(27(31,32)33)35-13-34-19/h2,4-7,10-11,13,39H,3,8-9,12H2,1H3,(H,36,40)/t26-/m1/s1. The number of anilines is 1. The zero-order chi connectivity index (χ0) is 29.7. The van der Waals surface area contributed by atoms with Gasteiger partial charge in [-0.2, -0.15) is 13.2 Å². The Morgan fingerprint density at radius 2 is 1.93 bits per heavy atom.